The summed E-state index contributed by atoms with van der Waals surface area (Å²) < 4.78 is 26.2. The third-order valence-corrected chi connectivity index (χ3v) is 5.62. The molecular weight excluding hydrogens is 399 g/mol. The largest absolute Gasteiger partial charge is 0.445 e. The zero-order valence-corrected chi connectivity index (χ0v) is 18.7. The fourth-order valence-electron chi connectivity index (χ4n) is 3.85. The SMILES string of the molecule is CC(C)(C)OC(=O)N1CC=C(CC2(F)CCN(C(=O)OCc3ccccc3)CC2)CC1. The minimum atomic E-state index is -1.32. The number of halogens is 1. The van der Waals surface area contributed by atoms with Gasteiger partial charge in [-0.25, -0.2) is 14.0 Å². The Morgan fingerprint density at radius 2 is 1.71 bits per heavy atom. The summed E-state index contributed by atoms with van der Waals surface area (Å²) in [5, 5.41) is 0. The van der Waals surface area contributed by atoms with E-state index in [1.54, 1.807) is 9.80 Å². The molecule has 2 heterocycles. The number of nitrogens with zero attached hydrogens (tertiary/aromatic N) is 2. The maximum atomic E-state index is 15.4. The Hall–Kier alpha value is -2.57. The van der Waals surface area contributed by atoms with E-state index in [-0.39, 0.29) is 12.7 Å². The van der Waals surface area contributed by atoms with Crippen molar-refractivity contribution in [2.75, 3.05) is 26.2 Å². The summed E-state index contributed by atoms with van der Waals surface area (Å²) in [6.45, 7) is 7.42. The highest BCUT2D eigenvalue weighted by atomic mass is 19.1. The summed E-state index contributed by atoms with van der Waals surface area (Å²) in [5.41, 5.74) is 0.107. The van der Waals surface area contributed by atoms with Crippen LogP contribution in [0.25, 0.3) is 0 Å². The van der Waals surface area contributed by atoms with Crippen LogP contribution in [0.3, 0.4) is 0 Å². The van der Waals surface area contributed by atoms with E-state index in [9.17, 15) is 9.59 Å². The van der Waals surface area contributed by atoms with Gasteiger partial charge in [-0.3, -0.25) is 0 Å². The van der Waals surface area contributed by atoms with Gasteiger partial charge in [-0.15, -0.1) is 0 Å². The van der Waals surface area contributed by atoms with Crippen molar-refractivity contribution in [1.82, 2.24) is 9.80 Å². The van der Waals surface area contributed by atoms with E-state index in [4.69, 9.17) is 9.47 Å². The second kappa shape index (κ2) is 9.71. The number of ether oxygens (including phenoxy) is 2. The van der Waals surface area contributed by atoms with Crippen molar-refractivity contribution in [3.63, 3.8) is 0 Å². The van der Waals surface area contributed by atoms with Crippen LogP contribution >= 0.6 is 0 Å². The number of carbonyl (C=O) groups excluding carboxylic acids is 2. The number of piperidine rings is 1. The van der Waals surface area contributed by atoms with Gasteiger partial charge in [0, 0.05) is 32.6 Å². The molecule has 0 bridgehead atoms. The first-order chi connectivity index (χ1) is 14.6. The highest BCUT2D eigenvalue weighted by Crippen LogP contribution is 2.35. The molecule has 2 aliphatic rings. The van der Waals surface area contributed by atoms with E-state index in [0.717, 1.165) is 11.1 Å². The van der Waals surface area contributed by atoms with Crippen LogP contribution in [0.1, 0.15) is 52.0 Å². The smallest absolute Gasteiger partial charge is 0.410 e. The van der Waals surface area contributed by atoms with Crippen molar-refractivity contribution in [2.45, 2.75) is 64.3 Å². The molecule has 170 valence electrons. The number of benzene rings is 1. The Bertz CT molecular complexity index is 796. The van der Waals surface area contributed by atoms with Crippen molar-refractivity contribution in [2.24, 2.45) is 0 Å². The van der Waals surface area contributed by atoms with Gasteiger partial charge in [0.25, 0.3) is 0 Å². The van der Waals surface area contributed by atoms with Crippen molar-refractivity contribution < 1.29 is 23.5 Å². The fraction of sp³-hybridized carbons (Fsp3) is 0.583. The third kappa shape index (κ3) is 6.97. The van der Waals surface area contributed by atoms with Crippen molar-refractivity contribution in [1.29, 1.82) is 0 Å². The normalized spacial score (nSPS) is 18.9. The lowest BCUT2D eigenvalue weighted by atomic mass is 9.85. The second-order valence-corrected chi connectivity index (χ2v) is 9.39. The zero-order valence-electron chi connectivity index (χ0n) is 18.7. The average molecular weight is 433 g/mol. The Morgan fingerprint density at radius 3 is 2.29 bits per heavy atom. The number of alkyl halides is 1. The van der Waals surface area contributed by atoms with E-state index >= 15 is 4.39 Å². The predicted octanol–water partition coefficient (Wildman–Crippen LogP) is 5.08. The van der Waals surface area contributed by atoms with Crippen LogP contribution in [0.2, 0.25) is 0 Å². The van der Waals surface area contributed by atoms with E-state index in [1.165, 1.54) is 0 Å². The quantitative estimate of drug-likeness (QED) is 0.622. The molecule has 0 saturated carbocycles. The van der Waals surface area contributed by atoms with Gasteiger partial charge in [0.15, 0.2) is 0 Å². The van der Waals surface area contributed by atoms with Crippen LogP contribution in [0, 0.1) is 0 Å². The van der Waals surface area contributed by atoms with Gasteiger partial charge in [0.2, 0.25) is 0 Å². The van der Waals surface area contributed by atoms with Gasteiger partial charge in [-0.1, -0.05) is 42.0 Å². The Morgan fingerprint density at radius 1 is 1.03 bits per heavy atom. The first-order valence-corrected chi connectivity index (χ1v) is 10.9. The fourth-order valence-corrected chi connectivity index (χ4v) is 3.85. The maximum Gasteiger partial charge on any atom is 0.410 e. The van der Waals surface area contributed by atoms with Crippen LogP contribution < -0.4 is 0 Å². The summed E-state index contributed by atoms with van der Waals surface area (Å²) >= 11 is 0. The summed E-state index contributed by atoms with van der Waals surface area (Å²) in [6.07, 6.45) is 2.79. The monoisotopic (exact) mass is 432 g/mol. The van der Waals surface area contributed by atoms with Gasteiger partial charge in [-0.05, 0) is 45.6 Å². The molecule has 6 nitrogen and oxygen atoms in total. The molecule has 0 aliphatic carbocycles. The molecule has 0 unspecified atom stereocenters. The van der Waals surface area contributed by atoms with Crippen LogP contribution in [0.5, 0.6) is 0 Å². The number of amides is 2. The summed E-state index contributed by atoms with van der Waals surface area (Å²) in [7, 11) is 0. The number of hydrogen-bond donors (Lipinski definition) is 0. The minimum absolute atomic E-state index is 0.220. The van der Waals surface area contributed by atoms with E-state index in [0.29, 0.717) is 51.9 Å². The lowest BCUT2D eigenvalue weighted by Gasteiger charge is -2.37. The van der Waals surface area contributed by atoms with E-state index in [1.807, 2.05) is 57.2 Å². The van der Waals surface area contributed by atoms with Crippen molar-refractivity contribution in [3.05, 3.63) is 47.5 Å². The van der Waals surface area contributed by atoms with Crippen LogP contribution in [0.15, 0.2) is 42.0 Å². The van der Waals surface area contributed by atoms with Crippen LogP contribution in [-0.4, -0.2) is 59.4 Å². The zero-order chi connectivity index (χ0) is 22.5. The summed E-state index contributed by atoms with van der Waals surface area (Å²) in [5.74, 6) is 0. The number of hydrogen-bond acceptors (Lipinski definition) is 4. The standard InChI is InChI=1S/C24H33FN2O4/c1-23(2,3)31-22(29)26-13-9-19(10-14-26)17-24(25)11-15-27(16-12-24)21(28)30-18-20-7-5-4-6-8-20/h4-9H,10-18H2,1-3H3. The molecule has 2 aliphatic heterocycles. The van der Waals surface area contributed by atoms with Gasteiger partial charge in [0.1, 0.15) is 17.9 Å². The summed E-state index contributed by atoms with van der Waals surface area (Å²) in [4.78, 5) is 27.7. The average Bonchev–Trinajstić information content (AvgIpc) is 2.72. The molecule has 31 heavy (non-hydrogen) atoms. The van der Waals surface area contributed by atoms with Crippen molar-refractivity contribution in [3.8, 4) is 0 Å². The van der Waals surface area contributed by atoms with E-state index < -0.39 is 17.4 Å². The van der Waals surface area contributed by atoms with E-state index in [2.05, 4.69) is 0 Å². The molecule has 0 N–H and O–H groups in total. The lowest BCUT2D eigenvalue weighted by Crippen LogP contribution is -2.45. The molecule has 3 rings (SSSR count). The molecule has 2 amide bonds. The number of carbonyl (C=O) groups is 2. The van der Waals surface area contributed by atoms with Gasteiger partial charge < -0.3 is 19.3 Å². The van der Waals surface area contributed by atoms with Gasteiger partial charge in [-0.2, -0.15) is 0 Å². The maximum absolute atomic E-state index is 15.4. The van der Waals surface area contributed by atoms with Crippen molar-refractivity contribution >= 4 is 12.2 Å². The Labute approximate surface area is 184 Å². The highest BCUT2D eigenvalue weighted by molar-refractivity contribution is 5.69. The number of likely N-dealkylation sites (tertiary alicyclic amines) is 1. The summed E-state index contributed by atoms with van der Waals surface area (Å²) in [6, 6.07) is 9.51. The minimum Gasteiger partial charge on any atom is -0.445 e. The second-order valence-electron chi connectivity index (χ2n) is 9.39. The van der Waals surface area contributed by atoms with Gasteiger partial charge >= 0.3 is 12.2 Å². The highest BCUT2D eigenvalue weighted by Gasteiger charge is 2.37. The molecule has 0 aromatic heterocycles. The first-order valence-electron chi connectivity index (χ1n) is 10.9. The predicted molar refractivity (Wildman–Crippen MR) is 116 cm³/mol. The topological polar surface area (TPSA) is 59.1 Å². The molecule has 0 spiro atoms. The molecular formula is C24H33FN2O4. The van der Waals surface area contributed by atoms with Crippen LogP contribution in [0.4, 0.5) is 14.0 Å². The molecule has 0 radical (unpaired) electrons. The Balaban J connectivity index is 1.43. The first kappa shape index (κ1) is 23.1. The molecule has 7 heteroatoms. The van der Waals surface area contributed by atoms with Crippen LogP contribution in [-0.2, 0) is 16.1 Å². The Kier molecular flexibility index (Phi) is 7.23. The molecule has 1 fully saturated rings. The molecule has 1 saturated heterocycles. The lowest BCUT2D eigenvalue weighted by molar-refractivity contribution is 0.0258. The molecule has 1 aromatic carbocycles. The number of rotatable bonds is 4. The van der Waals surface area contributed by atoms with Gasteiger partial charge in [0.05, 0.1) is 0 Å². The third-order valence-electron chi connectivity index (χ3n) is 5.62. The molecule has 1 aromatic rings. The molecule has 0 atom stereocenters.